The lowest BCUT2D eigenvalue weighted by atomic mass is 10.1. The standard InChI is InChI=1S/C18H23NO2/c1-3-20-17(15-11-7-5-8-12-15)19-18(21-4-2)16-13-9-6-10-14-16/h5-14,17-19H,3-4H2,1-2H3. The fourth-order valence-electron chi connectivity index (χ4n) is 2.21. The Hall–Kier alpha value is -1.68. The second-order valence-corrected chi connectivity index (χ2v) is 4.66. The van der Waals surface area contributed by atoms with Crippen LogP contribution in [0.4, 0.5) is 0 Å². The minimum absolute atomic E-state index is 0.187. The zero-order valence-corrected chi connectivity index (χ0v) is 12.7. The van der Waals surface area contributed by atoms with Crippen molar-refractivity contribution in [2.24, 2.45) is 0 Å². The maximum absolute atomic E-state index is 5.84. The van der Waals surface area contributed by atoms with Crippen LogP contribution in [0.5, 0.6) is 0 Å². The predicted molar refractivity (Wildman–Crippen MR) is 84.8 cm³/mol. The third kappa shape index (κ3) is 4.67. The first-order valence-corrected chi connectivity index (χ1v) is 7.44. The fourth-order valence-corrected chi connectivity index (χ4v) is 2.21. The van der Waals surface area contributed by atoms with Gasteiger partial charge in [-0.2, -0.15) is 0 Å². The normalized spacial score (nSPS) is 13.8. The van der Waals surface area contributed by atoms with Crippen molar-refractivity contribution in [2.75, 3.05) is 13.2 Å². The van der Waals surface area contributed by atoms with E-state index in [0.717, 1.165) is 11.1 Å². The first-order valence-electron chi connectivity index (χ1n) is 7.44. The highest BCUT2D eigenvalue weighted by molar-refractivity contribution is 5.20. The molecule has 0 spiro atoms. The van der Waals surface area contributed by atoms with Gasteiger partial charge in [-0.3, -0.25) is 5.32 Å². The van der Waals surface area contributed by atoms with Crippen LogP contribution >= 0.6 is 0 Å². The molecule has 0 saturated carbocycles. The lowest BCUT2D eigenvalue weighted by molar-refractivity contribution is -0.0423. The Morgan fingerprint density at radius 3 is 1.43 bits per heavy atom. The average molecular weight is 285 g/mol. The lowest BCUT2D eigenvalue weighted by Crippen LogP contribution is -2.30. The molecule has 0 bridgehead atoms. The Kier molecular flexibility index (Phi) is 6.41. The molecule has 2 unspecified atom stereocenters. The number of nitrogens with one attached hydrogen (secondary N) is 1. The van der Waals surface area contributed by atoms with Crippen LogP contribution in [0.2, 0.25) is 0 Å². The number of hydrogen-bond donors (Lipinski definition) is 1. The quantitative estimate of drug-likeness (QED) is 0.742. The van der Waals surface area contributed by atoms with Crippen LogP contribution in [0.3, 0.4) is 0 Å². The SMILES string of the molecule is CCOC(NC(OCC)c1ccccc1)c1ccccc1. The first kappa shape index (κ1) is 15.7. The molecule has 0 heterocycles. The molecule has 0 saturated heterocycles. The molecule has 2 atom stereocenters. The van der Waals surface area contributed by atoms with Crippen LogP contribution in [0.15, 0.2) is 60.7 Å². The summed E-state index contributed by atoms with van der Waals surface area (Å²) in [4.78, 5) is 0. The topological polar surface area (TPSA) is 30.5 Å². The van der Waals surface area contributed by atoms with E-state index < -0.39 is 0 Å². The van der Waals surface area contributed by atoms with Crippen molar-refractivity contribution < 1.29 is 9.47 Å². The van der Waals surface area contributed by atoms with Gasteiger partial charge in [-0.15, -0.1) is 0 Å². The van der Waals surface area contributed by atoms with Gasteiger partial charge in [0.15, 0.2) is 0 Å². The molecule has 1 N–H and O–H groups in total. The van der Waals surface area contributed by atoms with Gasteiger partial charge in [0.1, 0.15) is 12.5 Å². The monoisotopic (exact) mass is 285 g/mol. The summed E-state index contributed by atoms with van der Waals surface area (Å²) in [6, 6.07) is 20.3. The largest absolute Gasteiger partial charge is 0.359 e. The summed E-state index contributed by atoms with van der Waals surface area (Å²) < 4.78 is 11.7. The van der Waals surface area contributed by atoms with Crippen molar-refractivity contribution >= 4 is 0 Å². The highest BCUT2D eigenvalue weighted by atomic mass is 16.5. The average Bonchev–Trinajstić information content (AvgIpc) is 2.55. The van der Waals surface area contributed by atoms with E-state index >= 15 is 0 Å². The van der Waals surface area contributed by atoms with E-state index in [4.69, 9.17) is 9.47 Å². The van der Waals surface area contributed by atoms with Gasteiger partial charge >= 0.3 is 0 Å². The van der Waals surface area contributed by atoms with Gasteiger partial charge in [0.2, 0.25) is 0 Å². The van der Waals surface area contributed by atoms with Crippen LogP contribution in [0.1, 0.15) is 37.4 Å². The van der Waals surface area contributed by atoms with Gasteiger partial charge in [0.25, 0.3) is 0 Å². The van der Waals surface area contributed by atoms with Gasteiger partial charge in [0.05, 0.1) is 0 Å². The third-order valence-corrected chi connectivity index (χ3v) is 3.17. The zero-order chi connectivity index (χ0) is 14.9. The summed E-state index contributed by atoms with van der Waals surface area (Å²) in [5.41, 5.74) is 2.19. The second-order valence-electron chi connectivity index (χ2n) is 4.66. The molecule has 0 aromatic heterocycles. The minimum atomic E-state index is -0.187. The highest BCUT2D eigenvalue weighted by Gasteiger charge is 2.18. The van der Waals surface area contributed by atoms with E-state index in [-0.39, 0.29) is 12.5 Å². The molecule has 112 valence electrons. The molecule has 0 amide bonds. The predicted octanol–water partition coefficient (Wildman–Crippen LogP) is 4.05. The molecule has 21 heavy (non-hydrogen) atoms. The van der Waals surface area contributed by atoms with E-state index in [9.17, 15) is 0 Å². The lowest BCUT2D eigenvalue weighted by Gasteiger charge is -2.26. The van der Waals surface area contributed by atoms with Gasteiger partial charge in [0, 0.05) is 13.2 Å². The van der Waals surface area contributed by atoms with Crippen LogP contribution in [0.25, 0.3) is 0 Å². The summed E-state index contributed by atoms with van der Waals surface area (Å²) in [6.07, 6.45) is -0.374. The molecule has 0 aliphatic rings. The molecular weight excluding hydrogens is 262 g/mol. The smallest absolute Gasteiger partial charge is 0.136 e. The Labute approximate surface area is 126 Å². The molecule has 2 aromatic carbocycles. The Morgan fingerprint density at radius 2 is 1.10 bits per heavy atom. The van der Waals surface area contributed by atoms with Gasteiger partial charge in [-0.05, 0) is 25.0 Å². The molecule has 0 aliphatic heterocycles. The Balaban J connectivity index is 2.16. The second kappa shape index (κ2) is 8.57. The summed E-state index contributed by atoms with van der Waals surface area (Å²) in [7, 11) is 0. The summed E-state index contributed by atoms with van der Waals surface area (Å²) in [5.74, 6) is 0. The van der Waals surface area contributed by atoms with Crippen molar-refractivity contribution in [3.8, 4) is 0 Å². The van der Waals surface area contributed by atoms with Crippen LogP contribution < -0.4 is 5.32 Å². The highest BCUT2D eigenvalue weighted by Crippen LogP contribution is 2.21. The number of benzene rings is 2. The van der Waals surface area contributed by atoms with Crippen LogP contribution in [-0.4, -0.2) is 13.2 Å². The first-order chi connectivity index (χ1) is 10.3. The third-order valence-electron chi connectivity index (χ3n) is 3.17. The van der Waals surface area contributed by atoms with Gasteiger partial charge in [-0.1, -0.05) is 60.7 Å². The molecular formula is C18H23NO2. The summed E-state index contributed by atoms with van der Waals surface area (Å²) >= 11 is 0. The summed E-state index contributed by atoms with van der Waals surface area (Å²) in [5, 5.41) is 3.44. The van der Waals surface area contributed by atoms with E-state index in [1.54, 1.807) is 0 Å². The maximum atomic E-state index is 5.84. The van der Waals surface area contributed by atoms with Crippen molar-refractivity contribution in [3.63, 3.8) is 0 Å². The van der Waals surface area contributed by atoms with Crippen molar-refractivity contribution in [1.82, 2.24) is 5.32 Å². The van der Waals surface area contributed by atoms with E-state index in [2.05, 4.69) is 29.6 Å². The molecule has 0 fully saturated rings. The van der Waals surface area contributed by atoms with E-state index in [0.29, 0.717) is 13.2 Å². The maximum Gasteiger partial charge on any atom is 0.136 e. The van der Waals surface area contributed by atoms with Crippen LogP contribution in [-0.2, 0) is 9.47 Å². The minimum Gasteiger partial charge on any atom is -0.359 e. The van der Waals surface area contributed by atoms with Crippen LogP contribution in [0, 0.1) is 0 Å². The molecule has 3 heteroatoms. The van der Waals surface area contributed by atoms with E-state index in [1.807, 2.05) is 50.2 Å². The van der Waals surface area contributed by atoms with Gasteiger partial charge in [-0.25, -0.2) is 0 Å². The van der Waals surface area contributed by atoms with Crippen molar-refractivity contribution in [2.45, 2.75) is 26.3 Å². The Bertz CT molecular complexity index is 454. The van der Waals surface area contributed by atoms with Gasteiger partial charge < -0.3 is 9.47 Å². The van der Waals surface area contributed by atoms with Crippen molar-refractivity contribution in [3.05, 3.63) is 71.8 Å². The Morgan fingerprint density at radius 1 is 0.714 bits per heavy atom. The zero-order valence-electron chi connectivity index (χ0n) is 12.7. The number of rotatable bonds is 8. The molecule has 2 aromatic rings. The summed E-state index contributed by atoms with van der Waals surface area (Å²) in [6.45, 7) is 5.27. The van der Waals surface area contributed by atoms with Crippen molar-refractivity contribution in [1.29, 1.82) is 0 Å². The fraction of sp³-hybridized carbons (Fsp3) is 0.333. The number of hydrogen-bond acceptors (Lipinski definition) is 3. The molecule has 0 radical (unpaired) electrons. The molecule has 2 rings (SSSR count). The number of ether oxygens (including phenoxy) is 2. The molecule has 3 nitrogen and oxygen atoms in total. The van der Waals surface area contributed by atoms with E-state index in [1.165, 1.54) is 0 Å². The molecule has 0 aliphatic carbocycles.